The van der Waals surface area contributed by atoms with Gasteiger partial charge in [-0.15, -0.1) is 0 Å². The molecule has 0 saturated heterocycles. The van der Waals surface area contributed by atoms with Crippen molar-refractivity contribution in [2.45, 2.75) is 24.3 Å². The van der Waals surface area contributed by atoms with Gasteiger partial charge in [0.25, 0.3) is 0 Å². The lowest BCUT2D eigenvalue weighted by Crippen LogP contribution is -2.31. The number of sulfonamides is 1. The van der Waals surface area contributed by atoms with Crippen LogP contribution in [0.5, 0.6) is 0 Å². The second kappa shape index (κ2) is 6.53. The van der Waals surface area contributed by atoms with Gasteiger partial charge in [-0.1, -0.05) is 19.1 Å². The number of anilines is 1. The topological polar surface area (TPSA) is 84.5 Å². The quantitative estimate of drug-likeness (QED) is 0.761. The number of esters is 1. The molecule has 0 bridgehead atoms. The number of nitrogens with one attached hydrogen (secondary N) is 2. The van der Waals surface area contributed by atoms with E-state index in [0.717, 1.165) is 0 Å². The Labute approximate surface area is 113 Å². The molecule has 0 aliphatic heterocycles. The molecule has 0 amide bonds. The highest BCUT2D eigenvalue weighted by Crippen LogP contribution is 2.21. The number of para-hydroxylation sites is 1. The fourth-order valence-electron chi connectivity index (χ4n) is 1.59. The number of carbonyl (C=O) groups excluding carboxylic acids is 1. The van der Waals surface area contributed by atoms with Crippen LogP contribution in [0, 0.1) is 0 Å². The lowest BCUT2D eigenvalue weighted by atomic mass is 10.2. The number of hydrogen-bond acceptors (Lipinski definition) is 5. The van der Waals surface area contributed by atoms with Crippen molar-refractivity contribution in [2.24, 2.45) is 0 Å². The van der Waals surface area contributed by atoms with E-state index in [-0.39, 0.29) is 4.90 Å². The summed E-state index contributed by atoms with van der Waals surface area (Å²) in [7, 11) is -0.948. The van der Waals surface area contributed by atoms with E-state index in [2.05, 4.69) is 14.8 Å². The van der Waals surface area contributed by atoms with Gasteiger partial charge in [0.2, 0.25) is 10.0 Å². The van der Waals surface area contributed by atoms with E-state index < -0.39 is 22.0 Å². The average Bonchev–Trinajstić information content (AvgIpc) is 2.44. The van der Waals surface area contributed by atoms with Gasteiger partial charge >= 0.3 is 5.97 Å². The molecule has 1 atom stereocenters. The summed E-state index contributed by atoms with van der Waals surface area (Å²) in [5.41, 5.74) is 0.370. The summed E-state index contributed by atoms with van der Waals surface area (Å²) in [4.78, 5) is 11.6. The zero-order valence-corrected chi connectivity index (χ0v) is 12.0. The Morgan fingerprint density at radius 3 is 2.53 bits per heavy atom. The Bertz CT molecular complexity index is 542. The number of benzene rings is 1. The molecule has 2 N–H and O–H groups in total. The molecule has 19 heavy (non-hydrogen) atoms. The average molecular weight is 286 g/mol. The summed E-state index contributed by atoms with van der Waals surface area (Å²) in [6.45, 7) is 1.81. The minimum atomic E-state index is -3.58. The third-order valence-corrected chi connectivity index (χ3v) is 4.14. The summed E-state index contributed by atoms with van der Waals surface area (Å²) in [5.74, 6) is -0.431. The monoisotopic (exact) mass is 286 g/mol. The van der Waals surface area contributed by atoms with Crippen LogP contribution in [0.4, 0.5) is 5.69 Å². The standard InChI is InChI=1S/C12H18N2O4S/c1-4-9(12(15)18-3)14-10-7-5-6-8-11(10)19(16,17)13-2/h5-9,13-14H,4H2,1-3H3. The van der Waals surface area contributed by atoms with Gasteiger partial charge < -0.3 is 10.1 Å². The van der Waals surface area contributed by atoms with E-state index >= 15 is 0 Å². The maximum Gasteiger partial charge on any atom is 0.328 e. The summed E-state index contributed by atoms with van der Waals surface area (Å²) >= 11 is 0. The van der Waals surface area contributed by atoms with Gasteiger partial charge in [-0.3, -0.25) is 0 Å². The second-order valence-corrected chi connectivity index (χ2v) is 5.69. The van der Waals surface area contributed by atoms with Gasteiger partial charge in [0.1, 0.15) is 10.9 Å². The molecule has 106 valence electrons. The molecular weight excluding hydrogens is 268 g/mol. The number of hydrogen-bond donors (Lipinski definition) is 2. The zero-order valence-electron chi connectivity index (χ0n) is 11.1. The van der Waals surface area contributed by atoms with Crippen LogP contribution in [0.3, 0.4) is 0 Å². The second-order valence-electron chi connectivity index (χ2n) is 3.83. The number of rotatable bonds is 6. The van der Waals surface area contributed by atoms with Crippen molar-refractivity contribution >= 4 is 21.7 Å². The van der Waals surface area contributed by atoms with E-state index in [0.29, 0.717) is 12.1 Å². The highest BCUT2D eigenvalue weighted by atomic mass is 32.2. The van der Waals surface area contributed by atoms with Crippen LogP contribution in [0.25, 0.3) is 0 Å². The molecule has 1 aromatic carbocycles. The van der Waals surface area contributed by atoms with Gasteiger partial charge in [-0.25, -0.2) is 17.9 Å². The van der Waals surface area contributed by atoms with Crippen molar-refractivity contribution in [3.05, 3.63) is 24.3 Å². The highest BCUT2D eigenvalue weighted by molar-refractivity contribution is 7.89. The molecule has 1 unspecified atom stereocenters. The molecule has 0 fully saturated rings. The summed E-state index contributed by atoms with van der Waals surface area (Å²) in [5, 5.41) is 2.89. The first-order valence-corrected chi connectivity index (χ1v) is 7.31. The summed E-state index contributed by atoms with van der Waals surface area (Å²) < 4.78 is 30.6. The maximum atomic E-state index is 11.9. The fraction of sp³-hybridized carbons (Fsp3) is 0.417. The fourth-order valence-corrected chi connectivity index (χ4v) is 2.48. The molecule has 0 saturated carbocycles. The first-order valence-electron chi connectivity index (χ1n) is 5.83. The van der Waals surface area contributed by atoms with E-state index in [4.69, 9.17) is 0 Å². The maximum absolute atomic E-state index is 11.9. The minimum absolute atomic E-state index is 0.0971. The van der Waals surface area contributed by atoms with Crippen molar-refractivity contribution in [3.8, 4) is 0 Å². The highest BCUT2D eigenvalue weighted by Gasteiger charge is 2.21. The Morgan fingerprint density at radius 1 is 1.37 bits per heavy atom. The van der Waals surface area contributed by atoms with Crippen molar-refractivity contribution in [1.82, 2.24) is 4.72 Å². The van der Waals surface area contributed by atoms with Crippen LogP contribution < -0.4 is 10.0 Å². The molecular formula is C12H18N2O4S. The van der Waals surface area contributed by atoms with Crippen LogP contribution in [0.1, 0.15) is 13.3 Å². The number of ether oxygens (including phenoxy) is 1. The largest absolute Gasteiger partial charge is 0.467 e. The molecule has 0 heterocycles. The molecule has 0 aromatic heterocycles. The Morgan fingerprint density at radius 2 is 2.00 bits per heavy atom. The van der Waals surface area contributed by atoms with Crippen molar-refractivity contribution in [1.29, 1.82) is 0 Å². The van der Waals surface area contributed by atoms with Crippen LogP contribution >= 0.6 is 0 Å². The Kier molecular flexibility index (Phi) is 5.31. The summed E-state index contributed by atoms with van der Waals surface area (Å²) in [6.07, 6.45) is 0.487. The van der Waals surface area contributed by atoms with E-state index in [1.165, 1.54) is 20.2 Å². The zero-order chi connectivity index (χ0) is 14.5. The SMILES string of the molecule is CCC(Nc1ccccc1S(=O)(=O)NC)C(=O)OC. The molecule has 0 aliphatic carbocycles. The normalized spacial score (nSPS) is 12.8. The van der Waals surface area contributed by atoms with E-state index in [9.17, 15) is 13.2 Å². The third-order valence-electron chi connectivity index (χ3n) is 2.67. The Hall–Kier alpha value is -1.60. The van der Waals surface area contributed by atoms with Crippen LogP contribution in [0.2, 0.25) is 0 Å². The molecule has 0 aliphatic rings. The summed E-state index contributed by atoms with van der Waals surface area (Å²) in [6, 6.07) is 5.81. The first kappa shape index (κ1) is 15.5. The molecule has 1 aromatic rings. The number of methoxy groups -OCH3 is 1. The van der Waals surface area contributed by atoms with Crippen molar-refractivity contribution in [2.75, 3.05) is 19.5 Å². The lowest BCUT2D eigenvalue weighted by molar-refractivity contribution is -0.141. The van der Waals surface area contributed by atoms with Crippen LogP contribution in [-0.4, -0.2) is 34.6 Å². The smallest absolute Gasteiger partial charge is 0.328 e. The molecule has 7 heteroatoms. The molecule has 0 radical (unpaired) electrons. The van der Waals surface area contributed by atoms with Gasteiger partial charge in [0, 0.05) is 0 Å². The lowest BCUT2D eigenvalue weighted by Gasteiger charge is -2.18. The molecule has 6 nitrogen and oxygen atoms in total. The van der Waals surface area contributed by atoms with Gasteiger partial charge in [0.05, 0.1) is 12.8 Å². The van der Waals surface area contributed by atoms with Gasteiger partial charge in [-0.2, -0.15) is 0 Å². The first-order chi connectivity index (χ1) is 8.96. The van der Waals surface area contributed by atoms with Crippen molar-refractivity contribution < 1.29 is 17.9 Å². The van der Waals surface area contributed by atoms with Gasteiger partial charge in [0.15, 0.2) is 0 Å². The third kappa shape index (κ3) is 3.68. The van der Waals surface area contributed by atoms with Gasteiger partial charge in [-0.05, 0) is 25.6 Å². The predicted molar refractivity (Wildman–Crippen MR) is 72.4 cm³/mol. The molecule has 0 spiro atoms. The van der Waals surface area contributed by atoms with E-state index in [1.54, 1.807) is 18.2 Å². The minimum Gasteiger partial charge on any atom is -0.467 e. The number of carbonyl (C=O) groups is 1. The van der Waals surface area contributed by atoms with E-state index in [1.807, 2.05) is 6.92 Å². The van der Waals surface area contributed by atoms with Crippen LogP contribution in [-0.2, 0) is 19.6 Å². The molecule has 1 rings (SSSR count). The predicted octanol–water partition coefficient (Wildman–Crippen LogP) is 0.958. The van der Waals surface area contributed by atoms with Crippen LogP contribution in [0.15, 0.2) is 29.2 Å². The Balaban J connectivity index is 3.12. The van der Waals surface area contributed by atoms with Crippen molar-refractivity contribution in [3.63, 3.8) is 0 Å².